The van der Waals surface area contributed by atoms with Gasteiger partial charge < -0.3 is 5.32 Å². The summed E-state index contributed by atoms with van der Waals surface area (Å²) in [5, 5.41) is 7.88. The molecular formula is C13H19N3S. The lowest BCUT2D eigenvalue weighted by Gasteiger charge is -2.12. The number of pyridine rings is 1. The first kappa shape index (κ1) is 12.5. The lowest BCUT2D eigenvalue weighted by Crippen LogP contribution is -2.25. The van der Waals surface area contributed by atoms with Gasteiger partial charge >= 0.3 is 0 Å². The second kappa shape index (κ2) is 6.07. The number of aromatic nitrogens is 2. The monoisotopic (exact) mass is 249 g/mol. The van der Waals surface area contributed by atoms with Gasteiger partial charge in [-0.25, -0.2) is 4.52 Å². The molecule has 92 valence electrons. The number of thioether (sulfide) groups is 1. The van der Waals surface area contributed by atoms with Gasteiger partial charge in [-0.1, -0.05) is 6.07 Å². The number of rotatable bonds is 6. The summed E-state index contributed by atoms with van der Waals surface area (Å²) in [6, 6.07) is 6.72. The van der Waals surface area contributed by atoms with E-state index in [0.29, 0.717) is 6.04 Å². The van der Waals surface area contributed by atoms with Crippen LogP contribution in [0.1, 0.15) is 18.9 Å². The molecule has 2 aromatic heterocycles. The van der Waals surface area contributed by atoms with Gasteiger partial charge in [0.05, 0.1) is 11.7 Å². The summed E-state index contributed by atoms with van der Waals surface area (Å²) in [6.45, 7) is 3.13. The molecule has 0 spiro atoms. The van der Waals surface area contributed by atoms with Gasteiger partial charge in [-0.2, -0.15) is 16.9 Å². The fraction of sp³-hybridized carbons (Fsp3) is 0.462. The molecule has 3 nitrogen and oxygen atoms in total. The van der Waals surface area contributed by atoms with Crippen molar-refractivity contribution < 1.29 is 0 Å². The largest absolute Gasteiger partial charge is 0.310 e. The van der Waals surface area contributed by atoms with E-state index in [1.54, 1.807) is 0 Å². The molecule has 0 aliphatic carbocycles. The molecule has 0 fully saturated rings. The van der Waals surface area contributed by atoms with Crippen molar-refractivity contribution >= 4 is 17.3 Å². The number of hydrogen-bond donors (Lipinski definition) is 1. The minimum Gasteiger partial charge on any atom is -0.310 e. The molecule has 4 heteroatoms. The number of nitrogens with one attached hydrogen (secondary N) is 1. The third-order valence-corrected chi connectivity index (χ3v) is 3.55. The van der Waals surface area contributed by atoms with E-state index in [9.17, 15) is 0 Å². The maximum absolute atomic E-state index is 4.33. The van der Waals surface area contributed by atoms with Gasteiger partial charge in [-0.15, -0.1) is 0 Å². The summed E-state index contributed by atoms with van der Waals surface area (Å²) in [4.78, 5) is 0. The lowest BCUT2D eigenvalue weighted by atomic mass is 10.2. The van der Waals surface area contributed by atoms with Gasteiger partial charge in [0.2, 0.25) is 0 Å². The van der Waals surface area contributed by atoms with Gasteiger partial charge in [-0.05, 0) is 37.5 Å². The van der Waals surface area contributed by atoms with Gasteiger partial charge in [0.1, 0.15) is 0 Å². The highest BCUT2D eigenvalue weighted by Gasteiger charge is 2.05. The second-order valence-corrected chi connectivity index (χ2v) is 5.25. The van der Waals surface area contributed by atoms with E-state index in [-0.39, 0.29) is 0 Å². The van der Waals surface area contributed by atoms with Gasteiger partial charge in [0.15, 0.2) is 0 Å². The van der Waals surface area contributed by atoms with Crippen molar-refractivity contribution in [1.29, 1.82) is 0 Å². The third-order valence-electron chi connectivity index (χ3n) is 2.90. The predicted molar refractivity (Wildman–Crippen MR) is 74.5 cm³/mol. The van der Waals surface area contributed by atoms with Crippen LogP contribution in [0.25, 0.3) is 5.52 Å². The first-order valence-electron chi connectivity index (χ1n) is 5.95. The first-order chi connectivity index (χ1) is 8.31. The molecule has 1 N–H and O–H groups in total. The molecule has 0 aliphatic rings. The Balaban J connectivity index is 1.95. The molecule has 1 atom stereocenters. The predicted octanol–water partition coefficient (Wildman–Crippen LogP) is 2.57. The van der Waals surface area contributed by atoms with E-state index in [0.717, 1.165) is 6.54 Å². The molecule has 0 aliphatic heterocycles. The Bertz CT molecular complexity index is 466. The van der Waals surface area contributed by atoms with Crippen LogP contribution in [0.2, 0.25) is 0 Å². The molecule has 17 heavy (non-hydrogen) atoms. The van der Waals surface area contributed by atoms with Crippen LogP contribution in [0.5, 0.6) is 0 Å². The van der Waals surface area contributed by atoms with Crippen LogP contribution >= 0.6 is 11.8 Å². The zero-order valence-corrected chi connectivity index (χ0v) is 11.2. The smallest absolute Gasteiger partial charge is 0.0706 e. The van der Waals surface area contributed by atoms with Crippen molar-refractivity contribution in [1.82, 2.24) is 14.9 Å². The van der Waals surface area contributed by atoms with E-state index < -0.39 is 0 Å². The zero-order chi connectivity index (χ0) is 12.1. The van der Waals surface area contributed by atoms with Crippen molar-refractivity contribution in [2.45, 2.75) is 25.9 Å². The van der Waals surface area contributed by atoms with Gasteiger partial charge in [0, 0.05) is 24.3 Å². The number of nitrogens with zero attached hydrogens (tertiary/aromatic N) is 2. The van der Waals surface area contributed by atoms with Crippen LogP contribution in [-0.2, 0) is 6.54 Å². The average molecular weight is 249 g/mol. The van der Waals surface area contributed by atoms with E-state index in [4.69, 9.17) is 0 Å². The molecule has 1 unspecified atom stereocenters. The SMILES string of the molecule is CSCCC(C)NCc1cnn2ccccc12. The summed E-state index contributed by atoms with van der Waals surface area (Å²) < 4.78 is 1.92. The Kier molecular flexibility index (Phi) is 4.45. The molecule has 0 aromatic carbocycles. The summed E-state index contributed by atoms with van der Waals surface area (Å²) in [7, 11) is 0. The molecule has 0 bridgehead atoms. The highest BCUT2D eigenvalue weighted by molar-refractivity contribution is 7.98. The van der Waals surface area contributed by atoms with Gasteiger partial charge in [0.25, 0.3) is 0 Å². The minimum atomic E-state index is 0.557. The molecule has 2 heterocycles. The molecule has 2 rings (SSSR count). The Labute approximate surface area is 107 Å². The van der Waals surface area contributed by atoms with Crippen LogP contribution in [0, 0.1) is 0 Å². The van der Waals surface area contributed by atoms with Crippen LogP contribution in [-0.4, -0.2) is 27.7 Å². The molecule has 0 amide bonds. The highest BCUT2D eigenvalue weighted by atomic mass is 32.2. The zero-order valence-electron chi connectivity index (χ0n) is 10.4. The van der Waals surface area contributed by atoms with Crippen LogP contribution in [0.3, 0.4) is 0 Å². The quantitative estimate of drug-likeness (QED) is 0.853. The summed E-state index contributed by atoms with van der Waals surface area (Å²) in [5.41, 5.74) is 2.46. The van der Waals surface area contributed by atoms with E-state index in [2.05, 4.69) is 35.7 Å². The molecular weight excluding hydrogens is 230 g/mol. The summed E-state index contributed by atoms with van der Waals surface area (Å²) >= 11 is 1.90. The Morgan fingerprint density at radius 3 is 3.18 bits per heavy atom. The van der Waals surface area contributed by atoms with Crippen molar-refractivity contribution in [3.8, 4) is 0 Å². The number of fused-ring (bicyclic) bond motifs is 1. The summed E-state index contributed by atoms with van der Waals surface area (Å²) in [6.07, 6.45) is 7.29. The highest BCUT2D eigenvalue weighted by Crippen LogP contribution is 2.10. The topological polar surface area (TPSA) is 29.3 Å². The Morgan fingerprint density at radius 2 is 2.35 bits per heavy atom. The maximum Gasteiger partial charge on any atom is 0.0706 e. The minimum absolute atomic E-state index is 0.557. The molecule has 0 saturated heterocycles. The fourth-order valence-electron chi connectivity index (χ4n) is 1.80. The normalized spacial score (nSPS) is 13.1. The van der Waals surface area contributed by atoms with E-state index >= 15 is 0 Å². The van der Waals surface area contributed by atoms with Gasteiger partial charge in [-0.3, -0.25) is 0 Å². The molecule has 0 radical (unpaired) electrons. The molecule has 0 saturated carbocycles. The van der Waals surface area contributed by atoms with Crippen LogP contribution in [0.15, 0.2) is 30.6 Å². The standard InChI is InChI=1S/C13H19N3S/c1-11(6-8-17-2)14-9-12-10-15-16-7-4-3-5-13(12)16/h3-5,7,10-11,14H,6,8-9H2,1-2H3. The van der Waals surface area contributed by atoms with Crippen molar-refractivity contribution in [3.63, 3.8) is 0 Å². The van der Waals surface area contributed by atoms with E-state index in [1.807, 2.05) is 34.7 Å². The Hall–Kier alpha value is -1.00. The van der Waals surface area contributed by atoms with Crippen LogP contribution in [0.4, 0.5) is 0 Å². The van der Waals surface area contributed by atoms with Crippen molar-refractivity contribution in [2.24, 2.45) is 0 Å². The third kappa shape index (κ3) is 3.23. The van der Waals surface area contributed by atoms with E-state index in [1.165, 1.54) is 23.3 Å². The van der Waals surface area contributed by atoms with Crippen molar-refractivity contribution in [2.75, 3.05) is 12.0 Å². The molecule has 2 aromatic rings. The second-order valence-electron chi connectivity index (χ2n) is 4.26. The lowest BCUT2D eigenvalue weighted by molar-refractivity contribution is 0.539. The van der Waals surface area contributed by atoms with Crippen molar-refractivity contribution in [3.05, 3.63) is 36.2 Å². The maximum atomic E-state index is 4.33. The first-order valence-corrected chi connectivity index (χ1v) is 7.34. The Morgan fingerprint density at radius 1 is 1.47 bits per heavy atom. The fourth-order valence-corrected chi connectivity index (χ4v) is 2.39. The average Bonchev–Trinajstić information content (AvgIpc) is 2.77. The van der Waals surface area contributed by atoms with Crippen LogP contribution < -0.4 is 5.32 Å². The summed E-state index contributed by atoms with van der Waals surface area (Å²) in [5.74, 6) is 1.21. The number of hydrogen-bond acceptors (Lipinski definition) is 3.